The lowest BCUT2D eigenvalue weighted by Crippen LogP contribution is -2.41. The van der Waals surface area contributed by atoms with E-state index in [1.807, 2.05) is 36.4 Å². The van der Waals surface area contributed by atoms with E-state index in [1.54, 1.807) is 23.0 Å². The zero-order valence-corrected chi connectivity index (χ0v) is 21.6. The molecule has 7 rings (SSSR count). The Labute approximate surface area is 229 Å². The normalized spacial score (nSPS) is 29.8. The number of imidazole rings is 1. The maximum Gasteiger partial charge on any atom is 0.229 e. The van der Waals surface area contributed by atoms with Crippen molar-refractivity contribution in [1.82, 2.24) is 24.8 Å². The minimum absolute atomic E-state index is 0.0307. The number of anilines is 1. The molecule has 2 unspecified atom stereocenters. The summed E-state index contributed by atoms with van der Waals surface area (Å²) in [6, 6.07) is 15.5. The first kappa shape index (κ1) is 24.7. The van der Waals surface area contributed by atoms with Crippen LogP contribution in [-0.4, -0.2) is 60.9 Å². The number of aliphatic hydroxyl groups is 2. The summed E-state index contributed by atoms with van der Waals surface area (Å²) in [6.45, 7) is 0. The maximum atomic E-state index is 13.8. The highest BCUT2D eigenvalue weighted by Gasteiger charge is 2.75. The van der Waals surface area contributed by atoms with Crippen molar-refractivity contribution in [2.24, 2.45) is 11.3 Å². The van der Waals surface area contributed by atoms with E-state index in [0.29, 0.717) is 23.4 Å². The van der Waals surface area contributed by atoms with E-state index >= 15 is 0 Å². The van der Waals surface area contributed by atoms with Gasteiger partial charge in [0, 0.05) is 30.5 Å². The standard InChI is InChI=1S/C30H27FN6O3/c1-32-29(40)30-14-20(30)24(25(38)26(30)39)37-15-33-23-27(34-21-13-19(21)17-8-5-9-18(31)12-17)35-22(36-28(23)37)11-10-16-6-3-2-4-7-16/h2-9,12,15,19-21,24-26,38-39H,13-14H2,1H3,(H,32,40)(H,34,35,36)/t19?,20-,21?,24-,25+,26+,30+/m1/s1. The summed E-state index contributed by atoms with van der Waals surface area (Å²) in [5, 5.41) is 28.0. The second-order valence-corrected chi connectivity index (χ2v) is 10.8. The fraction of sp³-hybridized carbons (Fsp3) is 0.333. The molecule has 10 heteroatoms. The van der Waals surface area contributed by atoms with Gasteiger partial charge in [-0.15, -0.1) is 0 Å². The van der Waals surface area contributed by atoms with Crippen LogP contribution in [0.2, 0.25) is 0 Å². The summed E-state index contributed by atoms with van der Waals surface area (Å²) in [5.41, 5.74) is 1.65. The van der Waals surface area contributed by atoms with Crippen molar-refractivity contribution in [1.29, 1.82) is 0 Å². The zero-order chi connectivity index (χ0) is 27.6. The number of amides is 1. The van der Waals surface area contributed by atoms with E-state index in [0.717, 1.165) is 17.5 Å². The lowest BCUT2D eigenvalue weighted by molar-refractivity contribution is -0.132. The van der Waals surface area contributed by atoms with E-state index in [9.17, 15) is 19.4 Å². The first-order valence-electron chi connectivity index (χ1n) is 13.3. The fourth-order valence-corrected chi connectivity index (χ4v) is 6.36. The Hall–Kier alpha value is -4.33. The van der Waals surface area contributed by atoms with Crippen molar-refractivity contribution in [3.63, 3.8) is 0 Å². The molecule has 2 aromatic heterocycles. The van der Waals surface area contributed by atoms with Gasteiger partial charge in [-0.1, -0.05) is 36.3 Å². The number of fused-ring (bicyclic) bond motifs is 2. The predicted molar refractivity (Wildman–Crippen MR) is 145 cm³/mol. The van der Waals surface area contributed by atoms with Gasteiger partial charge in [-0.05, 0) is 48.6 Å². The van der Waals surface area contributed by atoms with Gasteiger partial charge in [0.2, 0.25) is 11.7 Å². The Morgan fingerprint density at radius 1 is 1.12 bits per heavy atom. The van der Waals surface area contributed by atoms with Gasteiger partial charge < -0.3 is 25.4 Å². The molecule has 3 saturated carbocycles. The molecule has 7 atom stereocenters. The van der Waals surface area contributed by atoms with Gasteiger partial charge in [0.25, 0.3) is 0 Å². The third-order valence-electron chi connectivity index (χ3n) is 8.55. The Morgan fingerprint density at radius 3 is 2.73 bits per heavy atom. The molecule has 0 saturated heterocycles. The van der Waals surface area contributed by atoms with E-state index in [1.165, 1.54) is 13.1 Å². The quantitative estimate of drug-likeness (QED) is 0.288. The summed E-state index contributed by atoms with van der Waals surface area (Å²) in [7, 11) is 1.53. The molecule has 40 heavy (non-hydrogen) atoms. The van der Waals surface area contributed by atoms with Gasteiger partial charge in [-0.3, -0.25) is 4.79 Å². The smallest absolute Gasteiger partial charge is 0.229 e. The SMILES string of the molecule is CNC(=O)[C@@]12C[C@@H]1[C@@H](n1cnc3c(NC4CC4c4cccc(F)c4)nc(C#Cc4ccccc4)nc31)[C@H](O)[C@@H]2O. The number of nitrogens with one attached hydrogen (secondary N) is 2. The van der Waals surface area contributed by atoms with Crippen molar-refractivity contribution in [3.05, 3.63) is 83.7 Å². The number of aliphatic hydroxyl groups excluding tert-OH is 2. The van der Waals surface area contributed by atoms with Crippen molar-refractivity contribution in [2.75, 3.05) is 12.4 Å². The topological polar surface area (TPSA) is 125 Å². The molecule has 1 amide bonds. The van der Waals surface area contributed by atoms with Crippen LogP contribution in [0.5, 0.6) is 0 Å². The van der Waals surface area contributed by atoms with Gasteiger partial charge in [0.05, 0.1) is 23.9 Å². The van der Waals surface area contributed by atoms with Crippen LogP contribution in [0.15, 0.2) is 60.9 Å². The Kier molecular flexibility index (Phi) is 5.63. The molecule has 3 aliphatic carbocycles. The van der Waals surface area contributed by atoms with E-state index in [4.69, 9.17) is 4.98 Å². The lowest BCUT2D eigenvalue weighted by atomic mass is 9.98. The largest absolute Gasteiger partial charge is 0.389 e. The van der Waals surface area contributed by atoms with E-state index in [-0.39, 0.29) is 35.4 Å². The van der Waals surface area contributed by atoms with Crippen LogP contribution in [0.4, 0.5) is 10.2 Å². The number of carbonyl (C=O) groups excluding carboxylic acids is 1. The number of aromatic nitrogens is 4. The molecule has 0 bridgehead atoms. The van der Waals surface area contributed by atoms with E-state index < -0.39 is 23.7 Å². The first-order chi connectivity index (χ1) is 19.4. The second kappa shape index (κ2) is 9.11. The third kappa shape index (κ3) is 3.85. The molecular weight excluding hydrogens is 511 g/mol. The maximum absolute atomic E-state index is 13.8. The Balaban J connectivity index is 1.27. The molecule has 0 aliphatic heterocycles. The average Bonchev–Trinajstić information content (AvgIpc) is 3.85. The summed E-state index contributed by atoms with van der Waals surface area (Å²) >= 11 is 0. The number of hydrogen-bond acceptors (Lipinski definition) is 7. The first-order valence-corrected chi connectivity index (χ1v) is 13.3. The molecular formula is C30H27FN6O3. The molecule has 2 aromatic carbocycles. The van der Waals surface area contributed by atoms with Crippen molar-refractivity contribution < 1.29 is 19.4 Å². The highest BCUT2D eigenvalue weighted by Crippen LogP contribution is 2.67. The van der Waals surface area contributed by atoms with Crippen LogP contribution in [0.25, 0.3) is 11.2 Å². The van der Waals surface area contributed by atoms with Crippen LogP contribution in [0.3, 0.4) is 0 Å². The molecule has 0 spiro atoms. The van der Waals surface area contributed by atoms with Crippen LogP contribution in [-0.2, 0) is 4.79 Å². The molecule has 3 fully saturated rings. The Morgan fingerprint density at radius 2 is 1.95 bits per heavy atom. The molecule has 202 valence electrons. The van der Waals surface area contributed by atoms with Crippen LogP contribution < -0.4 is 10.6 Å². The summed E-state index contributed by atoms with van der Waals surface area (Å²) in [6.07, 6.45) is 0.484. The molecule has 4 N–H and O–H groups in total. The molecule has 2 heterocycles. The number of benzene rings is 2. The predicted octanol–water partition coefficient (Wildman–Crippen LogP) is 2.36. The summed E-state index contributed by atoms with van der Waals surface area (Å²) < 4.78 is 15.5. The van der Waals surface area contributed by atoms with Gasteiger partial charge in [-0.2, -0.15) is 0 Å². The van der Waals surface area contributed by atoms with E-state index in [2.05, 4.69) is 32.4 Å². The van der Waals surface area contributed by atoms with Crippen molar-refractivity contribution >= 4 is 22.9 Å². The number of hydrogen-bond donors (Lipinski definition) is 4. The number of nitrogens with zero attached hydrogens (tertiary/aromatic N) is 4. The number of halogens is 1. The van der Waals surface area contributed by atoms with Crippen LogP contribution in [0.1, 0.15) is 41.8 Å². The van der Waals surface area contributed by atoms with Crippen molar-refractivity contribution in [3.8, 4) is 11.8 Å². The monoisotopic (exact) mass is 538 g/mol. The number of rotatable bonds is 5. The summed E-state index contributed by atoms with van der Waals surface area (Å²) in [4.78, 5) is 26.6. The minimum atomic E-state index is -1.20. The summed E-state index contributed by atoms with van der Waals surface area (Å²) in [5.74, 6) is 6.21. The number of carbonyl (C=O) groups is 1. The highest BCUT2D eigenvalue weighted by molar-refractivity contribution is 5.88. The lowest BCUT2D eigenvalue weighted by Gasteiger charge is -2.23. The molecule has 3 aliphatic rings. The fourth-order valence-electron chi connectivity index (χ4n) is 6.36. The highest BCUT2D eigenvalue weighted by atomic mass is 19.1. The second-order valence-electron chi connectivity index (χ2n) is 10.8. The van der Waals surface area contributed by atoms with Gasteiger partial charge in [0.1, 0.15) is 11.9 Å². The zero-order valence-electron chi connectivity index (χ0n) is 21.6. The van der Waals surface area contributed by atoms with Crippen LogP contribution in [0, 0.1) is 29.0 Å². The minimum Gasteiger partial charge on any atom is -0.389 e. The molecule has 4 aromatic rings. The third-order valence-corrected chi connectivity index (χ3v) is 8.55. The molecule has 9 nitrogen and oxygen atoms in total. The van der Waals surface area contributed by atoms with Crippen LogP contribution >= 0.6 is 0 Å². The van der Waals surface area contributed by atoms with Crippen molar-refractivity contribution in [2.45, 2.75) is 43.1 Å². The van der Waals surface area contributed by atoms with Gasteiger partial charge in [-0.25, -0.2) is 19.3 Å². The molecule has 0 radical (unpaired) electrons. The van der Waals surface area contributed by atoms with Gasteiger partial charge >= 0.3 is 0 Å². The average molecular weight is 539 g/mol. The van der Waals surface area contributed by atoms with Gasteiger partial charge in [0.15, 0.2) is 17.0 Å². The Bertz CT molecular complexity index is 1700.